The third-order valence-electron chi connectivity index (χ3n) is 5.83. The molecule has 0 amide bonds. The van der Waals surface area contributed by atoms with Crippen molar-refractivity contribution in [2.45, 2.75) is 33.7 Å². The molecule has 5 heterocycles. The van der Waals surface area contributed by atoms with E-state index >= 15 is 0 Å². The van der Waals surface area contributed by atoms with Crippen LogP contribution in [0.2, 0.25) is 5.02 Å². The number of fused-ring (bicyclic) bond motifs is 2. The molecular formula is C23H21ClN6O. The van der Waals surface area contributed by atoms with E-state index in [9.17, 15) is 4.79 Å². The van der Waals surface area contributed by atoms with Crippen LogP contribution in [0.25, 0.3) is 16.8 Å². The number of rotatable bonds is 2. The van der Waals surface area contributed by atoms with Gasteiger partial charge in [0, 0.05) is 77.8 Å². The number of nitrogens with zero attached hydrogens (tertiary/aromatic N) is 6. The summed E-state index contributed by atoms with van der Waals surface area (Å²) in [5, 5.41) is 5.28. The molecule has 156 valence electrons. The van der Waals surface area contributed by atoms with Gasteiger partial charge >= 0.3 is 0 Å². The van der Waals surface area contributed by atoms with E-state index < -0.39 is 0 Å². The molecule has 0 N–H and O–H groups in total. The Hall–Kier alpha value is -3.32. The van der Waals surface area contributed by atoms with Crippen molar-refractivity contribution in [3.8, 4) is 11.1 Å². The molecule has 1 aliphatic rings. The van der Waals surface area contributed by atoms with Crippen molar-refractivity contribution in [2.75, 3.05) is 11.4 Å². The molecule has 0 aliphatic carbocycles. The highest BCUT2D eigenvalue weighted by Crippen LogP contribution is 2.29. The molecule has 1 aliphatic heterocycles. The van der Waals surface area contributed by atoms with E-state index in [4.69, 9.17) is 11.6 Å². The predicted molar refractivity (Wildman–Crippen MR) is 121 cm³/mol. The van der Waals surface area contributed by atoms with E-state index in [2.05, 4.69) is 31.0 Å². The summed E-state index contributed by atoms with van der Waals surface area (Å²) in [6, 6.07) is 5.54. The highest BCUT2D eigenvalue weighted by atomic mass is 35.5. The maximum Gasteiger partial charge on any atom is 0.274 e. The minimum atomic E-state index is -0.165. The van der Waals surface area contributed by atoms with Crippen LogP contribution in [0.3, 0.4) is 0 Å². The molecule has 0 fully saturated rings. The van der Waals surface area contributed by atoms with Crippen LogP contribution < -0.4 is 10.5 Å². The molecule has 0 saturated carbocycles. The summed E-state index contributed by atoms with van der Waals surface area (Å²) < 4.78 is 1.41. The van der Waals surface area contributed by atoms with Crippen molar-refractivity contribution in [3.63, 3.8) is 0 Å². The smallest absolute Gasteiger partial charge is 0.274 e. The van der Waals surface area contributed by atoms with Gasteiger partial charge in [0.25, 0.3) is 5.56 Å². The van der Waals surface area contributed by atoms with E-state index in [1.807, 2.05) is 33.0 Å². The monoisotopic (exact) mass is 432 g/mol. The van der Waals surface area contributed by atoms with Gasteiger partial charge in [0.1, 0.15) is 0 Å². The maximum atomic E-state index is 12.5. The molecule has 31 heavy (non-hydrogen) atoms. The van der Waals surface area contributed by atoms with Gasteiger partial charge in [-0.25, -0.2) is 4.98 Å². The fraction of sp³-hybridized carbons (Fsp3) is 0.261. The van der Waals surface area contributed by atoms with Gasteiger partial charge in [-0.05, 0) is 38.5 Å². The number of aromatic nitrogens is 5. The quantitative estimate of drug-likeness (QED) is 0.481. The average molecular weight is 433 g/mol. The standard InChI is InChI=1S/C23H21ClN6O/c1-13-6-21(31)30-22(27-13)14(2)15(3)23(28-30)29-5-4-20-18(12-29)7-16(10-26-20)17-8-19(24)11-25-9-17/h6-11H,4-5,12H2,1-3H3. The van der Waals surface area contributed by atoms with Gasteiger partial charge < -0.3 is 4.90 Å². The lowest BCUT2D eigenvalue weighted by molar-refractivity contribution is 0.684. The number of hydrogen-bond acceptors (Lipinski definition) is 6. The Morgan fingerprint density at radius 3 is 2.61 bits per heavy atom. The van der Waals surface area contributed by atoms with Crippen LogP contribution in [0.15, 0.2) is 41.6 Å². The Balaban J connectivity index is 1.56. The van der Waals surface area contributed by atoms with Crippen LogP contribution in [-0.2, 0) is 13.0 Å². The fourth-order valence-electron chi connectivity index (χ4n) is 4.07. The zero-order chi connectivity index (χ0) is 21.7. The second-order valence-electron chi connectivity index (χ2n) is 7.94. The normalized spacial score (nSPS) is 13.5. The number of hydrogen-bond donors (Lipinski definition) is 0. The van der Waals surface area contributed by atoms with Gasteiger partial charge in [0.15, 0.2) is 11.5 Å². The molecule has 8 heteroatoms. The van der Waals surface area contributed by atoms with E-state index in [1.54, 1.807) is 12.4 Å². The Morgan fingerprint density at radius 2 is 1.81 bits per heavy atom. The first-order valence-corrected chi connectivity index (χ1v) is 10.5. The predicted octanol–water partition coefficient (Wildman–Crippen LogP) is 3.69. The molecule has 4 aromatic heterocycles. The van der Waals surface area contributed by atoms with Crippen LogP contribution in [0.1, 0.15) is 28.1 Å². The number of halogens is 1. The molecule has 4 aromatic rings. The van der Waals surface area contributed by atoms with E-state index in [0.717, 1.165) is 52.3 Å². The fourth-order valence-corrected chi connectivity index (χ4v) is 4.24. The summed E-state index contributed by atoms with van der Waals surface area (Å²) in [5.41, 5.74) is 7.27. The lowest BCUT2D eigenvalue weighted by atomic mass is 10.0. The number of anilines is 1. The lowest BCUT2D eigenvalue weighted by Crippen LogP contribution is -2.34. The Morgan fingerprint density at radius 1 is 1.00 bits per heavy atom. The largest absolute Gasteiger partial charge is 0.350 e. The molecule has 0 radical (unpaired) electrons. The van der Waals surface area contributed by atoms with Crippen molar-refractivity contribution in [2.24, 2.45) is 0 Å². The average Bonchev–Trinajstić information content (AvgIpc) is 2.76. The summed E-state index contributed by atoms with van der Waals surface area (Å²) in [6.07, 6.45) is 6.09. The highest BCUT2D eigenvalue weighted by molar-refractivity contribution is 6.30. The summed E-state index contributed by atoms with van der Waals surface area (Å²) in [4.78, 5) is 28.1. The summed E-state index contributed by atoms with van der Waals surface area (Å²) in [7, 11) is 0. The SMILES string of the molecule is Cc1cc(=O)n2nc(N3CCc4ncc(-c5cncc(Cl)c5)cc4C3)c(C)c(C)c2n1. The second-order valence-corrected chi connectivity index (χ2v) is 8.37. The Labute approximate surface area is 184 Å². The van der Waals surface area contributed by atoms with Crippen molar-refractivity contribution in [3.05, 3.63) is 80.2 Å². The van der Waals surface area contributed by atoms with E-state index in [0.29, 0.717) is 22.9 Å². The van der Waals surface area contributed by atoms with Crippen LogP contribution in [0.4, 0.5) is 5.82 Å². The highest BCUT2D eigenvalue weighted by Gasteiger charge is 2.23. The van der Waals surface area contributed by atoms with Crippen LogP contribution >= 0.6 is 11.6 Å². The Bertz CT molecular complexity index is 1400. The minimum absolute atomic E-state index is 0.165. The minimum Gasteiger partial charge on any atom is -0.350 e. The van der Waals surface area contributed by atoms with Gasteiger partial charge in [0.05, 0.1) is 5.02 Å². The van der Waals surface area contributed by atoms with Gasteiger partial charge in [-0.3, -0.25) is 14.8 Å². The van der Waals surface area contributed by atoms with Gasteiger partial charge in [-0.1, -0.05) is 11.6 Å². The third-order valence-corrected chi connectivity index (χ3v) is 6.04. The van der Waals surface area contributed by atoms with E-state index in [1.165, 1.54) is 10.6 Å². The first-order chi connectivity index (χ1) is 14.9. The van der Waals surface area contributed by atoms with Crippen molar-refractivity contribution in [1.82, 2.24) is 24.6 Å². The summed E-state index contributed by atoms with van der Waals surface area (Å²) in [5.74, 6) is 0.804. The maximum absolute atomic E-state index is 12.5. The zero-order valence-electron chi connectivity index (χ0n) is 17.6. The van der Waals surface area contributed by atoms with Crippen LogP contribution in [0, 0.1) is 20.8 Å². The third kappa shape index (κ3) is 3.45. The summed E-state index contributed by atoms with van der Waals surface area (Å²) >= 11 is 6.11. The Kier molecular flexibility index (Phi) is 4.70. The van der Waals surface area contributed by atoms with Crippen molar-refractivity contribution >= 4 is 23.1 Å². The van der Waals surface area contributed by atoms with Crippen molar-refractivity contribution < 1.29 is 0 Å². The van der Waals surface area contributed by atoms with Crippen LogP contribution in [-0.4, -0.2) is 31.1 Å². The first-order valence-electron chi connectivity index (χ1n) is 10.1. The lowest BCUT2D eigenvalue weighted by Gasteiger charge is -2.31. The zero-order valence-corrected chi connectivity index (χ0v) is 18.3. The summed E-state index contributed by atoms with van der Waals surface area (Å²) in [6.45, 7) is 7.30. The first kappa shape index (κ1) is 19.6. The molecule has 0 aromatic carbocycles. The van der Waals surface area contributed by atoms with Gasteiger partial charge in [0.2, 0.25) is 0 Å². The number of pyridine rings is 2. The van der Waals surface area contributed by atoms with Gasteiger partial charge in [-0.2, -0.15) is 4.52 Å². The van der Waals surface area contributed by atoms with Crippen LogP contribution in [0.5, 0.6) is 0 Å². The molecule has 0 saturated heterocycles. The van der Waals surface area contributed by atoms with Gasteiger partial charge in [-0.15, -0.1) is 5.10 Å². The second kappa shape index (κ2) is 7.42. The molecule has 5 rings (SSSR count). The molecule has 7 nitrogen and oxygen atoms in total. The molecule has 0 unspecified atom stereocenters. The molecule has 0 atom stereocenters. The van der Waals surface area contributed by atoms with Crippen molar-refractivity contribution in [1.29, 1.82) is 0 Å². The molecular weight excluding hydrogens is 412 g/mol. The topological polar surface area (TPSA) is 76.3 Å². The molecule has 0 spiro atoms. The van der Waals surface area contributed by atoms with E-state index in [-0.39, 0.29) is 5.56 Å². The molecule has 0 bridgehead atoms. The number of aryl methyl sites for hydroxylation is 2.